The highest BCUT2D eigenvalue weighted by Gasteiger charge is 2.10. The average molecular weight is 348 g/mol. The highest BCUT2D eigenvalue weighted by atomic mass is 16.5. The van der Waals surface area contributed by atoms with Gasteiger partial charge in [0.1, 0.15) is 28.9 Å². The Hall–Kier alpha value is -3.61. The summed E-state index contributed by atoms with van der Waals surface area (Å²) in [4.78, 5) is 20.2. The SMILES string of the molecule is COc1ccc(C=Nn2cnc3c([nH]c4ccccc43)c2=O)c(OC)c1. The molecule has 0 radical (unpaired) electrons. The molecule has 0 saturated heterocycles. The zero-order valence-electron chi connectivity index (χ0n) is 14.3. The smallest absolute Gasteiger partial charge is 0.298 e. The van der Waals surface area contributed by atoms with E-state index >= 15 is 0 Å². The van der Waals surface area contributed by atoms with Gasteiger partial charge in [0.15, 0.2) is 0 Å². The van der Waals surface area contributed by atoms with Crippen molar-refractivity contribution in [1.29, 1.82) is 0 Å². The Kier molecular flexibility index (Phi) is 3.89. The van der Waals surface area contributed by atoms with Gasteiger partial charge in [-0.2, -0.15) is 9.78 Å². The van der Waals surface area contributed by atoms with E-state index in [0.717, 1.165) is 16.5 Å². The van der Waals surface area contributed by atoms with Gasteiger partial charge in [-0.05, 0) is 18.2 Å². The fraction of sp³-hybridized carbons (Fsp3) is 0.105. The Labute approximate surface area is 148 Å². The predicted octanol–water partition coefficient (Wildman–Crippen LogP) is 2.78. The average Bonchev–Trinajstić information content (AvgIpc) is 3.07. The molecule has 0 bridgehead atoms. The Balaban J connectivity index is 1.78. The van der Waals surface area contributed by atoms with Gasteiger partial charge in [-0.25, -0.2) is 4.98 Å². The van der Waals surface area contributed by atoms with E-state index in [-0.39, 0.29) is 5.56 Å². The Morgan fingerprint density at radius 3 is 2.81 bits per heavy atom. The van der Waals surface area contributed by atoms with Crippen molar-refractivity contribution in [3.63, 3.8) is 0 Å². The summed E-state index contributed by atoms with van der Waals surface area (Å²) in [5.41, 5.74) is 2.38. The van der Waals surface area contributed by atoms with Gasteiger partial charge in [0.2, 0.25) is 0 Å². The van der Waals surface area contributed by atoms with Crippen molar-refractivity contribution in [3.05, 3.63) is 64.7 Å². The van der Waals surface area contributed by atoms with E-state index in [0.29, 0.717) is 22.5 Å². The molecule has 4 aromatic rings. The first-order chi connectivity index (χ1) is 12.7. The number of rotatable bonds is 4. The Morgan fingerprint density at radius 2 is 2.00 bits per heavy atom. The third kappa shape index (κ3) is 2.59. The number of H-pyrrole nitrogens is 1. The van der Waals surface area contributed by atoms with Crippen molar-refractivity contribution in [2.24, 2.45) is 5.10 Å². The number of aromatic nitrogens is 3. The van der Waals surface area contributed by atoms with Crippen LogP contribution in [0.3, 0.4) is 0 Å². The first-order valence-corrected chi connectivity index (χ1v) is 7.95. The van der Waals surface area contributed by atoms with Crippen LogP contribution in [-0.2, 0) is 0 Å². The lowest BCUT2D eigenvalue weighted by Gasteiger charge is -2.06. The van der Waals surface area contributed by atoms with Crippen LogP contribution in [0.15, 0.2) is 58.7 Å². The van der Waals surface area contributed by atoms with E-state index in [9.17, 15) is 4.79 Å². The highest BCUT2D eigenvalue weighted by Crippen LogP contribution is 2.23. The van der Waals surface area contributed by atoms with Gasteiger partial charge in [0, 0.05) is 22.5 Å². The molecule has 0 aliphatic heterocycles. The molecule has 0 saturated carbocycles. The van der Waals surface area contributed by atoms with Crippen LogP contribution in [0.1, 0.15) is 5.56 Å². The monoisotopic (exact) mass is 348 g/mol. The van der Waals surface area contributed by atoms with Crippen LogP contribution in [0.5, 0.6) is 11.5 Å². The molecular weight excluding hydrogens is 332 g/mol. The molecule has 0 atom stereocenters. The topological polar surface area (TPSA) is 81.5 Å². The van der Waals surface area contributed by atoms with Gasteiger partial charge in [0.25, 0.3) is 5.56 Å². The zero-order valence-corrected chi connectivity index (χ0v) is 14.3. The molecule has 0 aliphatic carbocycles. The van der Waals surface area contributed by atoms with Crippen molar-refractivity contribution in [1.82, 2.24) is 14.6 Å². The van der Waals surface area contributed by atoms with Crippen molar-refractivity contribution >= 4 is 28.2 Å². The van der Waals surface area contributed by atoms with Crippen LogP contribution in [-0.4, -0.2) is 35.1 Å². The van der Waals surface area contributed by atoms with E-state index in [1.165, 1.54) is 11.0 Å². The second kappa shape index (κ2) is 6.36. The molecule has 2 aromatic heterocycles. The van der Waals surface area contributed by atoms with Crippen LogP contribution in [0.25, 0.3) is 21.9 Å². The van der Waals surface area contributed by atoms with Crippen molar-refractivity contribution < 1.29 is 9.47 Å². The summed E-state index contributed by atoms with van der Waals surface area (Å²) in [5, 5.41) is 5.15. The fourth-order valence-corrected chi connectivity index (χ4v) is 2.83. The lowest BCUT2D eigenvalue weighted by atomic mass is 10.2. The second-order valence-electron chi connectivity index (χ2n) is 5.64. The standard InChI is InChI=1S/C19H16N4O3/c1-25-13-8-7-12(16(9-13)26-2)10-21-23-11-20-17-14-5-3-4-6-15(14)22-18(17)19(23)24/h3-11,22H,1-2H3. The molecule has 0 fully saturated rings. The molecule has 2 aromatic carbocycles. The maximum absolute atomic E-state index is 12.7. The van der Waals surface area contributed by atoms with Gasteiger partial charge in [-0.1, -0.05) is 18.2 Å². The van der Waals surface area contributed by atoms with Gasteiger partial charge in [0.05, 0.1) is 20.4 Å². The largest absolute Gasteiger partial charge is 0.497 e. The van der Waals surface area contributed by atoms with E-state index in [1.54, 1.807) is 38.6 Å². The number of para-hydroxylation sites is 1. The van der Waals surface area contributed by atoms with Crippen LogP contribution >= 0.6 is 0 Å². The lowest BCUT2D eigenvalue weighted by molar-refractivity contribution is 0.394. The number of hydrogen-bond acceptors (Lipinski definition) is 5. The number of hydrogen-bond donors (Lipinski definition) is 1. The summed E-state index contributed by atoms with van der Waals surface area (Å²) in [6.45, 7) is 0. The van der Waals surface area contributed by atoms with E-state index in [4.69, 9.17) is 9.47 Å². The molecule has 26 heavy (non-hydrogen) atoms. The predicted molar refractivity (Wildman–Crippen MR) is 100 cm³/mol. The summed E-state index contributed by atoms with van der Waals surface area (Å²) in [6.07, 6.45) is 2.97. The molecule has 0 aliphatic rings. The quantitative estimate of drug-likeness (QED) is 0.575. The summed E-state index contributed by atoms with van der Waals surface area (Å²) >= 11 is 0. The molecule has 7 heteroatoms. The summed E-state index contributed by atoms with van der Waals surface area (Å²) < 4.78 is 11.7. The van der Waals surface area contributed by atoms with Crippen LogP contribution in [0, 0.1) is 0 Å². The highest BCUT2D eigenvalue weighted by molar-refractivity contribution is 6.04. The van der Waals surface area contributed by atoms with Crippen LogP contribution in [0.2, 0.25) is 0 Å². The van der Waals surface area contributed by atoms with Crippen molar-refractivity contribution in [3.8, 4) is 11.5 Å². The molecule has 0 spiro atoms. The summed E-state index contributed by atoms with van der Waals surface area (Å²) in [6, 6.07) is 13.0. The van der Waals surface area contributed by atoms with Crippen molar-refractivity contribution in [2.45, 2.75) is 0 Å². The third-order valence-electron chi connectivity index (χ3n) is 4.16. The number of benzene rings is 2. The molecule has 0 unspecified atom stereocenters. The maximum atomic E-state index is 12.7. The van der Waals surface area contributed by atoms with E-state index in [1.807, 2.05) is 24.3 Å². The van der Waals surface area contributed by atoms with E-state index in [2.05, 4.69) is 15.1 Å². The normalized spacial score (nSPS) is 11.5. The maximum Gasteiger partial charge on any atom is 0.298 e. The molecule has 4 rings (SSSR count). The minimum Gasteiger partial charge on any atom is -0.497 e. The van der Waals surface area contributed by atoms with Crippen molar-refractivity contribution in [2.75, 3.05) is 14.2 Å². The lowest BCUT2D eigenvalue weighted by Crippen LogP contribution is -2.17. The number of aromatic amines is 1. The van der Waals surface area contributed by atoms with Crippen LogP contribution in [0.4, 0.5) is 0 Å². The first-order valence-electron chi connectivity index (χ1n) is 7.95. The number of nitrogens with zero attached hydrogens (tertiary/aromatic N) is 3. The third-order valence-corrected chi connectivity index (χ3v) is 4.16. The van der Waals surface area contributed by atoms with Crippen LogP contribution < -0.4 is 15.0 Å². The number of ether oxygens (including phenoxy) is 2. The molecule has 7 nitrogen and oxygen atoms in total. The minimum absolute atomic E-state index is 0.269. The summed E-state index contributed by atoms with van der Waals surface area (Å²) in [7, 11) is 3.15. The number of fused-ring (bicyclic) bond motifs is 3. The van der Waals surface area contributed by atoms with Gasteiger partial charge >= 0.3 is 0 Å². The summed E-state index contributed by atoms with van der Waals surface area (Å²) in [5.74, 6) is 1.28. The second-order valence-corrected chi connectivity index (χ2v) is 5.64. The first kappa shape index (κ1) is 15.9. The Bertz CT molecular complexity index is 1190. The minimum atomic E-state index is -0.269. The Morgan fingerprint density at radius 1 is 1.15 bits per heavy atom. The number of nitrogens with one attached hydrogen (secondary N) is 1. The molecule has 0 amide bonds. The van der Waals surface area contributed by atoms with Gasteiger partial charge in [-0.3, -0.25) is 4.79 Å². The molecule has 1 N–H and O–H groups in total. The fourth-order valence-electron chi connectivity index (χ4n) is 2.83. The molecule has 130 valence electrons. The molecular formula is C19H16N4O3. The zero-order chi connectivity index (χ0) is 18.1. The van der Waals surface area contributed by atoms with Gasteiger partial charge < -0.3 is 14.5 Å². The number of methoxy groups -OCH3 is 2. The van der Waals surface area contributed by atoms with Gasteiger partial charge in [-0.15, -0.1) is 0 Å². The van der Waals surface area contributed by atoms with E-state index < -0.39 is 0 Å². The molecule has 2 heterocycles.